The highest BCUT2D eigenvalue weighted by Gasteiger charge is 2.16. The van der Waals surface area contributed by atoms with Crippen molar-refractivity contribution in [3.8, 4) is 0 Å². The Bertz CT molecular complexity index is 728. The van der Waals surface area contributed by atoms with Gasteiger partial charge in [-0.2, -0.15) is 0 Å². The molecule has 7 heteroatoms. The van der Waals surface area contributed by atoms with Gasteiger partial charge in [0.15, 0.2) is 0 Å². The van der Waals surface area contributed by atoms with Gasteiger partial charge in [0.2, 0.25) is 16.9 Å². The van der Waals surface area contributed by atoms with Crippen LogP contribution < -0.4 is 10.6 Å². The van der Waals surface area contributed by atoms with Gasteiger partial charge in [0.25, 0.3) is 0 Å². The number of amides is 2. The first kappa shape index (κ1) is 18.8. The normalized spacial score (nSPS) is 12.1. The summed E-state index contributed by atoms with van der Waals surface area (Å²) in [4.78, 5) is 24.0. The zero-order chi connectivity index (χ0) is 18.1. The van der Waals surface area contributed by atoms with Crippen LogP contribution in [0, 0.1) is 0 Å². The number of benzene rings is 1. The van der Waals surface area contributed by atoms with Crippen molar-refractivity contribution in [2.45, 2.75) is 39.2 Å². The van der Waals surface area contributed by atoms with Crippen LogP contribution in [0.15, 0.2) is 36.4 Å². The zero-order valence-electron chi connectivity index (χ0n) is 14.4. The summed E-state index contributed by atoms with van der Waals surface area (Å²) in [5.41, 5.74) is 0.920. The number of carbonyl (C=O) groups excluding carboxylic acids is 2. The average molecular weight is 358 g/mol. The highest BCUT2D eigenvalue weighted by atomic mass is 32.1. The summed E-state index contributed by atoms with van der Waals surface area (Å²) in [6.45, 7) is 3.74. The Kier molecular flexibility index (Phi) is 7.28. The Morgan fingerprint density at radius 1 is 1.24 bits per heavy atom. The van der Waals surface area contributed by atoms with Gasteiger partial charge in [-0.05, 0) is 25.0 Å². The highest BCUT2D eigenvalue weighted by molar-refractivity contribution is 7.15. The molecule has 25 heavy (non-hydrogen) atoms. The monoisotopic (exact) mass is 358 g/mol. The lowest BCUT2D eigenvalue weighted by Crippen LogP contribution is -2.40. The molecule has 1 aromatic carbocycles. The van der Waals surface area contributed by atoms with Crippen LogP contribution in [0.2, 0.25) is 0 Å². The van der Waals surface area contributed by atoms with Crippen LogP contribution in [-0.2, 0) is 16.0 Å². The molecule has 0 saturated carbocycles. The molecule has 0 spiro atoms. The van der Waals surface area contributed by atoms with Crippen molar-refractivity contribution in [3.05, 3.63) is 47.0 Å². The topological polar surface area (TPSA) is 84.0 Å². The summed E-state index contributed by atoms with van der Waals surface area (Å²) < 4.78 is 0. The number of anilines is 1. The molecule has 0 aliphatic rings. The molecule has 132 valence electrons. The molecule has 1 aromatic heterocycles. The van der Waals surface area contributed by atoms with Gasteiger partial charge in [-0.15, -0.1) is 10.2 Å². The van der Waals surface area contributed by atoms with Crippen molar-refractivity contribution in [1.82, 2.24) is 15.5 Å². The van der Waals surface area contributed by atoms with Crippen molar-refractivity contribution in [2.24, 2.45) is 0 Å². The number of rotatable bonds is 8. The molecule has 2 rings (SSSR count). The van der Waals surface area contributed by atoms with E-state index in [1.54, 1.807) is 13.0 Å². The van der Waals surface area contributed by atoms with E-state index >= 15 is 0 Å². The number of carbonyl (C=O) groups is 2. The number of unbranched alkanes of at least 4 members (excludes halogenated alkanes) is 1. The Morgan fingerprint density at radius 2 is 2.00 bits per heavy atom. The molecule has 2 amide bonds. The van der Waals surface area contributed by atoms with Gasteiger partial charge in [0.05, 0.1) is 0 Å². The molecule has 1 heterocycles. The van der Waals surface area contributed by atoms with Crippen LogP contribution in [0.3, 0.4) is 0 Å². The van der Waals surface area contributed by atoms with E-state index < -0.39 is 6.04 Å². The van der Waals surface area contributed by atoms with E-state index in [-0.39, 0.29) is 11.8 Å². The molecule has 2 N–H and O–H groups in total. The third kappa shape index (κ3) is 6.46. The third-order valence-corrected chi connectivity index (χ3v) is 4.32. The maximum Gasteiger partial charge on any atom is 0.248 e. The number of aryl methyl sites for hydroxylation is 1. The van der Waals surface area contributed by atoms with E-state index in [4.69, 9.17) is 0 Å². The van der Waals surface area contributed by atoms with Crippen LogP contribution in [0.5, 0.6) is 0 Å². The fraction of sp³-hybridized carbons (Fsp3) is 0.333. The van der Waals surface area contributed by atoms with Crippen LogP contribution >= 0.6 is 11.3 Å². The molecular weight excluding hydrogens is 336 g/mol. The number of aromatic nitrogens is 2. The van der Waals surface area contributed by atoms with E-state index in [1.807, 2.05) is 30.3 Å². The van der Waals surface area contributed by atoms with Crippen LogP contribution in [0.1, 0.15) is 37.3 Å². The predicted molar refractivity (Wildman–Crippen MR) is 100 cm³/mol. The van der Waals surface area contributed by atoms with E-state index in [2.05, 4.69) is 27.8 Å². The molecular formula is C18H22N4O2S. The minimum atomic E-state index is -0.670. The van der Waals surface area contributed by atoms with E-state index in [9.17, 15) is 9.59 Å². The standard InChI is InChI=1S/C18H22N4O2S/c1-3-4-10-16-21-22-18(25-16)20-17(24)13(2)19-15(23)12-11-14-8-6-5-7-9-14/h5-9,11-13H,3-4,10H2,1-2H3,(H,19,23)(H,20,22,24)/b12-11+. The maximum atomic E-state index is 12.1. The Balaban J connectivity index is 1.82. The molecule has 1 unspecified atom stereocenters. The van der Waals surface area contributed by atoms with Gasteiger partial charge in [-0.1, -0.05) is 55.0 Å². The molecule has 0 aliphatic carbocycles. The summed E-state index contributed by atoms with van der Waals surface area (Å²) in [7, 11) is 0. The van der Waals surface area contributed by atoms with Crippen LogP contribution in [-0.4, -0.2) is 28.1 Å². The first-order chi connectivity index (χ1) is 12.1. The van der Waals surface area contributed by atoms with Crippen LogP contribution in [0.25, 0.3) is 6.08 Å². The quantitative estimate of drug-likeness (QED) is 0.711. The minimum absolute atomic E-state index is 0.320. The van der Waals surface area contributed by atoms with Crippen molar-refractivity contribution < 1.29 is 9.59 Å². The van der Waals surface area contributed by atoms with Gasteiger partial charge in [0, 0.05) is 12.5 Å². The Labute approximate surface area is 151 Å². The number of hydrogen-bond donors (Lipinski definition) is 2. The smallest absolute Gasteiger partial charge is 0.248 e. The zero-order valence-corrected chi connectivity index (χ0v) is 15.2. The van der Waals surface area contributed by atoms with Gasteiger partial charge in [0.1, 0.15) is 11.0 Å². The second kappa shape index (κ2) is 9.68. The largest absolute Gasteiger partial charge is 0.341 e. The van der Waals surface area contributed by atoms with Crippen molar-refractivity contribution in [2.75, 3.05) is 5.32 Å². The van der Waals surface area contributed by atoms with Crippen molar-refractivity contribution in [3.63, 3.8) is 0 Å². The molecule has 0 fully saturated rings. The van der Waals surface area contributed by atoms with Gasteiger partial charge in [-0.3, -0.25) is 14.9 Å². The third-order valence-electron chi connectivity index (χ3n) is 3.42. The number of nitrogens with one attached hydrogen (secondary N) is 2. The number of hydrogen-bond acceptors (Lipinski definition) is 5. The summed E-state index contributed by atoms with van der Waals surface area (Å²) in [6.07, 6.45) is 6.10. The average Bonchev–Trinajstić information content (AvgIpc) is 3.06. The Morgan fingerprint density at radius 3 is 2.72 bits per heavy atom. The van der Waals surface area contributed by atoms with Gasteiger partial charge in [-0.25, -0.2) is 0 Å². The lowest BCUT2D eigenvalue weighted by molar-refractivity contribution is -0.123. The lowest BCUT2D eigenvalue weighted by atomic mass is 10.2. The summed E-state index contributed by atoms with van der Waals surface area (Å²) >= 11 is 1.36. The molecule has 6 nitrogen and oxygen atoms in total. The molecule has 2 aromatic rings. The minimum Gasteiger partial charge on any atom is -0.341 e. The van der Waals surface area contributed by atoms with Gasteiger partial charge < -0.3 is 5.32 Å². The summed E-state index contributed by atoms with van der Waals surface area (Å²) in [6, 6.07) is 8.81. The molecule has 1 atom stereocenters. The predicted octanol–water partition coefficient (Wildman–Crippen LogP) is 3.04. The SMILES string of the molecule is CCCCc1nnc(NC(=O)C(C)NC(=O)/C=C/c2ccccc2)s1. The Hall–Kier alpha value is -2.54. The fourth-order valence-electron chi connectivity index (χ4n) is 2.01. The van der Waals surface area contributed by atoms with E-state index in [0.717, 1.165) is 29.8 Å². The summed E-state index contributed by atoms with van der Waals surface area (Å²) in [5, 5.41) is 14.7. The molecule has 0 saturated heterocycles. The van der Waals surface area contributed by atoms with Crippen molar-refractivity contribution >= 4 is 34.4 Å². The van der Waals surface area contributed by atoms with Gasteiger partial charge >= 0.3 is 0 Å². The molecule has 0 bridgehead atoms. The lowest BCUT2D eigenvalue weighted by Gasteiger charge is -2.11. The maximum absolute atomic E-state index is 12.1. The first-order valence-electron chi connectivity index (χ1n) is 8.25. The first-order valence-corrected chi connectivity index (χ1v) is 9.07. The second-order valence-electron chi connectivity index (χ2n) is 5.57. The second-order valence-corrected chi connectivity index (χ2v) is 6.63. The van der Waals surface area contributed by atoms with E-state index in [0.29, 0.717) is 5.13 Å². The fourth-order valence-corrected chi connectivity index (χ4v) is 2.79. The van der Waals surface area contributed by atoms with Crippen LogP contribution in [0.4, 0.5) is 5.13 Å². The highest BCUT2D eigenvalue weighted by Crippen LogP contribution is 2.17. The van der Waals surface area contributed by atoms with E-state index in [1.165, 1.54) is 17.4 Å². The molecule has 0 aliphatic heterocycles. The molecule has 0 radical (unpaired) electrons. The summed E-state index contributed by atoms with van der Waals surface area (Å²) in [5.74, 6) is -0.646. The number of nitrogens with zero attached hydrogens (tertiary/aromatic N) is 2. The van der Waals surface area contributed by atoms with Crippen molar-refractivity contribution in [1.29, 1.82) is 0 Å².